The Balaban J connectivity index is 2.34. The minimum absolute atomic E-state index is 0.310. The fourth-order valence-electron chi connectivity index (χ4n) is 1.69. The van der Waals surface area contributed by atoms with Crippen LogP contribution in [0.5, 0.6) is 0 Å². The maximum Gasteiger partial charge on any atom is 0.325 e. The summed E-state index contributed by atoms with van der Waals surface area (Å²) in [5.74, 6) is -0.310. The molecule has 0 bridgehead atoms. The number of hydrogen-bond donors (Lipinski definition) is 1. The smallest absolute Gasteiger partial charge is 0.325 e. The fourth-order valence-corrected chi connectivity index (χ4v) is 1.69. The number of nitrogens with two attached hydrogens (primary N) is 1. The Bertz CT molecular complexity index is 346. The van der Waals surface area contributed by atoms with E-state index < -0.39 is 5.54 Å². The Morgan fingerprint density at radius 3 is 2.59 bits per heavy atom. The van der Waals surface area contributed by atoms with Crippen LogP contribution >= 0.6 is 0 Å². The minimum Gasteiger partial charge on any atom is -0.464 e. The van der Waals surface area contributed by atoms with Crippen molar-refractivity contribution in [1.29, 1.82) is 0 Å². The topological polar surface area (TPSA) is 52.3 Å². The zero-order chi connectivity index (χ0) is 12.7. The first-order valence-corrected chi connectivity index (χ1v) is 6.06. The van der Waals surface area contributed by atoms with E-state index in [1.165, 1.54) is 0 Å². The number of ether oxygens (including phenoxy) is 1. The predicted molar refractivity (Wildman–Crippen MR) is 68.6 cm³/mol. The highest BCUT2D eigenvalue weighted by Crippen LogP contribution is 2.11. The molecule has 1 aromatic carbocycles. The van der Waals surface area contributed by atoms with Crippen LogP contribution in [0.15, 0.2) is 30.3 Å². The van der Waals surface area contributed by atoms with Gasteiger partial charge >= 0.3 is 5.97 Å². The van der Waals surface area contributed by atoms with Gasteiger partial charge in [-0.1, -0.05) is 43.7 Å². The van der Waals surface area contributed by atoms with Crippen molar-refractivity contribution < 1.29 is 9.53 Å². The molecule has 0 amide bonds. The highest BCUT2D eigenvalue weighted by Gasteiger charge is 2.28. The van der Waals surface area contributed by atoms with E-state index in [1.54, 1.807) is 6.92 Å². The van der Waals surface area contributed by atoms with E-state index in [2.05, 4.69) is 0 Å². The minimum atomic E-state index is -0.856. The standard InChI is InChI=1S/C14H21NO2/c1-3-10-14(2,15)13(16)17-11-9-12-7-5-4-6-8-12/h4-8H,3,9-11,15H2,1-2H3. The van der Waals surface area contributed by atoms with Crippen LogP contribution in [0.2, 0.25) is 0 Å². The Hall–Kier alpha value is -1.35. The number of carbonyl (C=O) groups is 1. The van der Waals surface area contributed by atoms with E-state index in [-0.39, 0.29) is 5.97 Å². The summed E-state index contributed by atoms with van der Waals surface area (Å²) in [6.45, 7) is 4.11. The van der Waals surface area contributed by atoms with Gasteiger partial charge in [-0.15, -0.1) is 0 Å². The maximum atomic E-state index is 11.7. The molecule has 0 aliphatic carbocycles. The third kappa shape index (κ3) is 4.57. The van der Waals surface area contributed by atoms with E-state index >= 15 is 0 Å². The molecule has 0 spiro atoms. The Morgan fingerprint density at radius 2 is 2.00 bits per heavy atom. The second-order valence-corrected chi connectivity index (χ2v) is 4.54. The molecule has 0 saturated heterocycles. The molecule has 0 aliphatic heterocycles. The first-order chi connectivity index (χ1) is 8.06. The lowest BCUT2D eigenvalue weighted by Crippen LogP contribution is -2.46. The van der Waals surface area contributed by atoms with Crippen molar-refractivity contribution in [3.63, 3.8) is 0 Å². The average molecular weight is 235 g/mol. The molecule has 94 valence electrons. The van der Waals surface area contributed by atoms with Crippen LogP contribution in [0.25, 0.3) is 0 Å². The molecular weight excluding hydrogens is 214 g/mol. The molecule has 0 saturated carbocycles. The van der Waals surface area contributed by atoms with Crippen LogP contribution < -0.4 is 5.73 Å². The highest BCUT2D eigenvalue weighted by molar-refractivity contribution is 5.79. The predicted octanol–water partition coefficient (Wildman–Crippen LogP) is 2.29. The van der Waals surface area contributed by atoms with Gasteiger partial charge in [-0.2, -0.15) is 0 Å². The second kappa shape index (κ2) is 6.40. The van der Waals surface area contributed by atoms with E-state index in [0.29, 0.717) is 13.0 Å². The lowest BCUT2D eigenvalue weighted by atomic mass is 9.98. The molecule has 3 nitrogen and oxygen atoms in total. The molecule has 0 radical (unpaired) electrons. The van der Waals surface area contributed by atoms with Crippen LogP contribution in [-0.4, -0.2) is 18.1 Å². The van der Waals surface area contributed by atoms with E-state index in [0.717, 1.165) is 18.4 Å². The number of hydrogen-bond acceptors (Lipinski definition) is 3. The van der Waals surface area contributed by atoms with Gasteiger partial charge in [0.25, 0.3) is 0 Å². The van der Waals surface area contributed by atoms with Crippen molar-refractivity contribution in [1.82, 2.24) is 0 Å². The molecule has 2 N–H and O–H groups in total. The second-order valence-electron chi connectivity index (χ2n) is 4.54. The van der Waals surface area contributed by atoms with Crippen LogP contribution in [0.4, 0.5) is 0 Å². The lowest BCUT2D eigenvalue weighted by Gasteiger charge is -2.21. The third-order valence-corrected chi connectivity index (χ3v) is 2.70. The molecular formula is C14H21NO2. The summed E-state index contributed by atoms with van der Waals surface area (Å²) >= 11 is 0. The summed E-state index contributed by atoms with van der Waals surface area (Å²) in [6, 6.07) is 9.94. The fraction of sp³-hybridized carbons (Fsp3) is 0.500. The van der Waals surface area contributed by atoms with Crippen LogP contribution in [0.3, 0.4) is 0 Å². The molecule has 0 heterocycles. The maximum absolute atomic E-state index is 11.7. The molecule has 1 atom stereocenters. The van der Waals surface area contributed by atoms with E-state index in [9.17, 15) is 4.79 Å². The van der Waals surface area contributed by atoms with E-state index in [1.807, 2.05) is 37.3 Å². The number of rotatable bonds is 6. The third-order valence-electron chi connectivity index (χ3n) is 2.70. The first-order valence-electron chi connectivity index (χ1n) is 6.06. The van der Waals surface area contributed by atoms with E-state index in [4.69, 9.17) is 10.5 Å². The van der Waals surface area contributed by atoms with Gasteiger partial charge in [0.15, 0.2) is 0 Å². The van der Waals surface area contributed by atoms with Gasteiger partial charge in [-0.25, -0.2) is 0 Å². The molecule has 0 aromatic heterocycles. The Labute approximate surface area is 103 Å². The van der Waals surface area contributed by atoms with Crippen molar-refractivity contribution in [3.05, 3.63) is 35.9 Å². The van der Waals surface area contributed by atoms with Crippen molar-refractivity contribution in [2.45, 2.75) is 38.6 Å². The summed E-state index contributed by atoms with van der Waals surface area (Å²) in [6.07, 6.45) is 2.26. The molecule has 1 unspecified atom stereocenters. The summed E-state index contributed by atoms with van der Waals surface area (Å²) in [5.41, 5.74) is 6.18. The number of carbonyl (C=O) groups excluding carboxylic acids is 1. The van der Waals surface area contributed by atoms with Crippen molar-refractivity contribution in [2.75, 3.05) is 6.61 Å². The van der Waals surface area contributed by atoms with Crippen LogP contribution in [0, 0.1) is 0 Å². The molecule has 17 heavy (non-hydrogen) atoms. The number of benzene rings is 1. The van der Waals surface area contributed by atoms with Gasteiger partial charge in [0.05, 0.1) is 6.61 Å². The summed E-state index contributed by atoms with van der Waals surface area (Å²) in [7, 11) is 0. The van der Waals surface area contributed by atoms with Gasteiger partial charge in [0, 0.05) is 6.42 Å². The first kappa shape index (κ1) is 13.7. The molecule has 1 rings (SSSR count). The summed E-state index contributed by atoms with van der Waals surface area (Å²) in [5, 5.41) is 0. The van der Waals surface area contributed by atoms with Gasteiger partial charge in [0.2, 0.25) is 0 Å². The van der Waals surface area contributed by atoms with Crippen molar-refractivity contribution in [2.24, 2.45) is 5.73 Å². The monoisotopic (exact) mass is 235 g/mol. The van der Waals surface area contributed by atoms with Crippen molar-refractivity contribution >= 4 is 5.97 Å². The lowest BCUT2D eigenvalue weighted by molar-refractivity contribution is -0.149. The molecule has 0 aliphatic rings. The largest absolute Gasteiger partial charge is 0.464 e. The quantitative estimate of drug-likeness (QED) is 0.770. The molecule has 1 aromatic rings. The Morgan fingerprint density at radius 1 is 1.35 bits per heavy atom. The zero-order valence-corrected chi connectivity index (χ0v) is 10.6. The summed E-state index contributed by atoms with van der Waals surface area (Å²) in [4.78, 5) is 11.7. The van der Waals surface area contributed by atoms with Gasteiger partial charge < -0.3 is 10.5 Å². The highest BCUT2D eigenvalue weighted by atomic mass is 16.5. The SMILES string of the molecule is CCCC(C)(N)C(=O)OCCc1ccccc1. The van der Waals surface area contributed by atoms with Gasteiger partial charge in [0.1, 0.15) is 5.54 Å². The molecule has 3 heteroatoms. The number of esters is 1. The van der Waals surface area contributed by atoms with Crippen LogP contribution in [-0.2, 0) is 16.0 Å². The summed E-state index contributed by atoms with van der Waals surface area (Å²) < 4.78 is 5.20. The average Bonchev–Trinajstić information content (AvgIpc) is 2.30. The van der Waals surface area contributed by atoms with Crippen molar-refractivity contribution in [3.8, 4) is 0 Å². The Kier molecular flexibility index (Phi) is 5.16. The van der Waals surface area contributed by atoms with Crippen LogP contribution in [0.1, 0.15) is 32.3 Å². The zero-order valence-electron chi connectivity index (χ0n) is 10.6. The van der Waals surface area contributed by atoms with Gasteiger partial charge in [-0.05, 0) is 18.9 Å². The normalized spacial score (nSPS) is 14.1. The van der Waals surface area contributed by atoms with Gasteiger partial charge in [-0.3, -0.25) is 4.79 Å². The molecule has 0 fully saturated rings.